The average molecular weight is 781 g/mol. The van der Waals surface area contributed by atoms with Crippen molar-refractivity contribution in [3.8, 4) is 0 Å². The third kappa shape index (κ3) is 24.3. The van der Waals surface area contributed by atoms with Crippen LogP contribution in [-0.2, 0) is 25.7 Å². The number of unbranched alkanes of at least 4 members (excludes halogenated alkanes) is 22. The van der Waals surface area contributed by atoms with Crippen molar-refractivity contribution in [1.82, 2.24) is 0 Å². The molecule has 2 aromatic carbocycles. The molecule has 57 heavy (non-hydrogen) atoms. The van der Waals surface area contributed by atoms with E-state index >= 15 is 0 Å². The molecule has 2 rings (SSSR count). The van der Waals surface area contributed by atoms with Crippen molar-refractivity contribution >= 4 is 22.8 Å². The topological polar surface area (TPSA) is 24.7 Å². The van der Waals surface area contributed by atoms with Crippen LogP contribution in [0.15, 0.2) is 58.5 Å². The fourth-order valence-corrected chi connectivity index (χ4v) is 8.36. The lowest BCUT2D eigenvalue weighted by molar-refractivity contribution is 0.520. The predicted molar refractivity (Wildman–Crippen MR) is 259 cm³/mol. The van der Waals surface area contributed by atoms with E-state index in [1.165, 1.54) is 170 Å². The van der Waals surface area contributed by atoms with Gasteiger partial charge in [-0.05, 0) is 104 Å². The molecule has 0 radical (unpaired) electrons. The van der Waals surface area contributed by atoms with Gasteiger partial charge in [0.05, 0.1) is 22.8 Å². The molecule has 0 saturated heterocycles. The van der Waals surface area contributed by atoms with E-state index in [-0.39, 0.29) is 0 Å². The number of aryl methyl sites for hydroxylation is 4. The standard InChI is InChI=1S/C55H92N2/c1-7-13-15-16-17-18-19-20-21-22-23-24-25-26-27-28-29-30-31-32-33-34-35-41-55(57-53-45-43-49(37-10-4)51(47-53)39-12-6)54(40-14-8-2)56-52-44-42-48(36-9-3)50(46-52)38-11-5/h35,41-47H,7-34,36-40H2,1-6H3. The van der Waals surface area contributed by atoms with Gasteiger partial charge >= 0.3 is 0 Å². The molecule has 0 unspecified atom stereocenters. The maximum atomic E-state index is 5.39. The summed E-state index contributed by atoms with van der Waals surface area (Å²) in [7, 11) is 0. The predicted octanol–water partition coefficient (Wildman–Crippen LogP) is 18.7. The number of allylic oxidation sites excluding steroid dienone is 2. The highest BCUT2D eigenvalue weighted by Gasteiger charge is 2.11. The zero-order valence-corrected chi connectivity index (χ0v) is 38.8. The average Bonchev–Trinajstić information content (AvgIpc) is 3.21. The van der Waals surface area contributed by atoms with Crippen LogP contribution in [0.5, 0.6) is 0 Å². The number of rotatable bonds is 37. The first-order chi connectivity index (χ1) is 28.1. The molecule has 2 heteroatoms. The van der Waals surface area contributed by atoms with Crippen molar-refractivity contribution in [3.63, 3.8) is 0 Å². The first-order valence-corrected chi connectivity index (χ1v) is 25.2. The van der Waals surface area contributed by atoms with Crippen LogP contribution in [0.1, 0.15) is 250 Å². The van der Waals surface area contributed by atoms with E-state index in [0.717, 1.165) is 87.0 Å². The number of nitrogens with zero attached hydrogens (tertiary/aromatic N) is 2. The van der Waals surface area contributed by atoms with Crippen LogP contribution in [0, 0.1) is 0 Å². The molecular weight excluding hydrogens is 689 g/mol. The Morgan fingerprint density at radius 2 is 0.754 bits per heavy atom. The summed E-state index contributed by atoms with van der Waals surface area (Å²) in [4.78, 5) is 10.8. The van der Waals surface area contributed by atoms with Gasteiger partial charge in [-0.25, -0.2) is 4.99 Å². The van der Waals surface area contributed by atoms with Gasteiger partial charge < -0.3 is 0 Å². The molecule has 0 amide bonds. The maximum absolute atomic E-state index is 5.39. The van der Waals surface area contributed by atoms with E-state index in [1.54, 1.807) is 0 Å². The Hall–Kier alpha value is -2.48. The summed E-state index contributed by atoms with van der Waals surface area (Å²) in [5.41, 5.74) is 10.2. The van der Waals surface area contributed by atoms with Gasteiger partial charge in [0.25, 0.3) is 0 Å². The minimum absolute atomic E-state index is 0.953. The minimum Gasteiger partial charge on any atom is -0.251 e. The minimum atomic E-state index is 0.953. The Kier molecular flexibility index (Phi) is 31.5. The van der Waals surface area contributed by atoms with Crippen LogP contribution in [0.3, 0.4) is 0 Å². The van der Waals surface area contributed by atoms with E-state index in [1.807, 2.05) is 0 Å². The van der Waals surface area contributed by atoms with Crippen molar-refractivity contribution in [3.05, 3.63) is 70.8 Å². The molecule has 0 spiro atoms. The third-order valence-electron chi connectivity index (χ3n) is 11.8. The monoisotopic (exact) mass is 781 g/mol. The summed E-state index contributed by atoms with van der Waals surface area (Å²) in [6, 6.07) is 13.9. The lowest BCUT2D eigenvalue weighted by Crippen LogP contribution is -2.12. The van der Waals surface area contributed by atoms with Gasteiger partial charge in [0.1, 0.15) is 0 Å². The van der Waals surface area contributed by atoms with Crippen LogP contribution < -0.4 is 0 Å². The molecular formula is C55H92N2. The molecule has 0 fully saturated rings. The second-order valence-electron chi connectivity index (χ2n) is 17.3. The lowest BCUT2D eigenvalue weighted by Gasteiger charge is -2.12. The Morgan fingerprint density at radius 1 is 0.386 bits per heavy atom. The molecule has 322 valence electrons. The summed E-state index contributed by atoms with van der Waals surface area (Å²) >= 11 is 0. The normalized spacial score (nSPS) is 12.4. The Bertz CT molecular complexity index is 1350. The zero-order chi connectivity index (χ0) is 41.0. The summed E-state index contributed by atoms with van der Waals surface area (Å²) in [6.07, 6.45) is 48.2. The molecule has 0 atom stereocenters. The first-order valence-electron chi connectivity index (χ1n) is 25.2. The first kappa shape index (κ1) is 50.7. The van der Waals surface area contributed by atoms with Gasteiger partial charge in [-0.2, -0.15) is 0 Å². The molecule has 0 aliphatic heterocycles. The Labute approximate surface area is 355 Å². The van der Waals surface area contributed by atoms with Gasteiger partial charge in [0.15, 0.2) is 0 Å². The molecule has 0 aromatic heterocycles. The van der Waals surface area contributed by atoms with Crippen LogP contribution in [0.25, 0.3) is 0 Å². The molecule has 2 nitrogen and oxygen atoms in total. The highest BCUT2D eigenvalue weighted by molar-refractivity contribution is 6.47. The molecule has 0 heterocycles. The summed E-state index contributed by atoms with van der Waals surface area (Å²) in [6.45, 7) is 13.7. The molecule has 2 aromatic rings. The SMILES string of the molecule is CCCCCCCCCCCCCCCCCCCCCCCC=CC(=Nc1ccc(CCC)c(CCC)c1)C(CCCC)=Nc1ccc(CCC)c(CCC)c1. The summed E-state index contributed by atoms with van der Waals surface area (Å²) in [5, 5.41) is 0. The summed E-state index contributed by atoms with van der Waals surface area (Å²) in [5.74, 6) is 0. The number of hydrogen-bond acceptors (Lipinski definition) is 2. The van der Waals surface area contributed by atoms with Gasteiger partial charge in [-0.3, -0.25) is 4.99 Å². The van der Waals surface area contributed by atoms with Gasteiger partial charge in [-0.1, -0.05) is 220 Å². The van der Waals surface area contributed by atoms with E-state index in [4.69, 9.17) is 9.98 Å². The Morgan fingerprint density at radius 3 is 1.16 bits per heavy atom. The van der Waals surface area contributed by atoms with Gasteiger partial charge in [0.2, 0.25) is 0 Å². The highest BCUT2D eigenvalue weighted by atomic mass is 14.8. The van der Waals surface area contributed by atoms with Crippen LogP contribution >= 0.6 is 0 Å². The molecule has 0 saturated carbocycles. The molecule has 0 bridgehead atoms. The van der Waals surface area contributed by atoms with E-state index in [2.05, 4.69) is 90.1 Å². The van der Waals surface area contributed by atoms with Crippen molar-refractivity contribution in [1.29, 1.82) is 0 Å². The number of benzene rings is 2. The molecule has 0 N–H and O–H groups in total. The zero-order valence-electron chi connectivity index (χ0n) is 38.8. The summed E-state index contributed by atoms with van der Waals surface area (Å²) < 4.78 is 0. The second kappa shape index (κ2) is 35.5. The van der Waals surface area contributed by atoms with Gasteiger partial charge in [0, 0.05) is 0 Å². The second-order valence-corrected chi connectivity index (χ2v) is 17.3. The third-order valence-corrected chi connectivity index (χ3v) is 11.8. The van der Waals surface area contributed by atoms with Crippen molar-refractivity contribution < 1.29 is 0 Å². The largest absolute Gasteiger partial charge is 0.251 e. The molecule has 0 aliphatic carbocycles. The lowest BCUT2D eigenvalue weighted by atomic mass is 9.98. The van der Waals surface area contributed by atoms with Crippen LogP contribution in [0.2, 0.25) is 0 Å². The maximum Gasteiger partial charge on any atom is 0.0848 e. The number of hydrogen-bond donors (Lipinski definition) is 0. The smallest absolute Gasteiger partial charge is 0.0848 e. The van der Waals surface area contributed by atoms with E-state index in [9.17, 15) is 0 Å². The van der Waals surface area contributed by atoms with Crippen LogP contribution in [-0.4, -0.2) is 11.4 Å². The fraction of sp³-hybridized carbons (Fsp3) is 0.709. The highest BCUT2D eigenvalue weighted by Crippen LogP contribution is 2.25. The quantitative estimate of drug-likeness (QED) is 0.0482. The number of aliphatic imine (C=N–C) groups is 2. The van der Waals surface area contributed by atoms with Crippen molar-refractivity contribution in [2.24, 2.45) is 9.98 Å². The molecule has 0 aliphatic rings. The van der Waals surface area contributed by atoms with Crippen molar-refractivity contribution in [2.75, 3.05) is 0 Å². The van der Waals surface area contributed by atoms with Crippen molar-refractivity contribution in [2.45, 2.75) is 253 Å². The van der Waals surface area contributed by atoms with E-state index in [0.29, 0.717) is 0 Å². The van der Waals surface area contributed by atoms with Gasteiger partial charge in [-0.15, -0.1) is 0 Å². The van der Waals surface area contributed by atoms with E-state index < -0.39 is 0 Å². The van der Waals surface area contributed by atoms with Crippen LogP contribution in [0.4, 0.5) is 11.4 Å². The Balaban J connectivity index is 1.90. The fourth-order valence-electron chi connectivity index (χ4n) is 8.36.